The Bertz CT molecular complexity index is 1160. The highest BCUT2D eigenvalue weighted by Crippen LogP contribution is 2.35. The van der Waals surface area contributed by atoms with Crippen molar-refractivity contribution in [1.29, 1.82) is 0 Å². The third-order valence-corrected chi connectivity index (χ3v) is 5.49. The topological polar surface area (TPSA) is 111 Å². The van der Waals surface area contributed by atoms with Crippen LogP contribution in [0, 0.1) is 13.8 Å². The number of carbonyl (C=O) groups excluding carboxylic acids is 2. The van der Waals surface area contributed by atoms with Crippen LogP contribution < -0.4 is 10.6 Å². The number of aryl methyl sites for hydroxylation is 2. The molecular formula is C20H20N6O3S. The summed E-state index contributed by atoms with van der Waals surface area (Å²) in [5, 5.41) is 14.7. The number of urea groups is 1. The number of hydrogen-bond donors (Lipinski definition) is 2. The average molecular weight is 424 g/mol. The van der Waals surface area contributed by atoms with Crippen LogP contribution in [0.5, 0.6) is 0 Å². The summed E-state index contributed by atoms with van der Waals surface area (Å²) in [6, 6.07) is 10.1. The molecule has 0 radical (unpaired) electrons. The van der Waals surface area contributed by atoms with Crippen molar-refractivity contribution >= 4 is 29.5 Å². The Balaban J connectivity index is 1.83. The van der Waals surface area contributed by atoms with E-state index < -0.39 is 18.0 Å². The zero-order valence-electron chi connectivity index (χ0n) is 16.7. The number of amides is 2. The lowest BCUT2D eigenvalue weighted by Crippen LogP contribution is -2.45. The fraction of sp³-hybridized carbons (Fsp3) is 0.250. The number of rotatable bonds is 5. The van der Waals surface area contributed by atoms with Gasteiger partial charge in [-0.2, -0.15) is 0 Å². The van der Waals surface area contributed by atoms with Gasteiger partial charge in [0.25, 0.3) is 5.78 Å². The number of carbonyl (C=O) groups is 2. The minimum atomic E-state index is -0.651. The van der Waals surface area contributed by atoms with Gasteiger partial charge in [-0.15, -0.1) is 10.2 Å². The lowest BCUT2D eigenvalue weighted by Gasteiger charge is -2.28. The quantitative estimate of drug-likeness (QED) is 0.606. The maximum absolute atomic E-state index is 12.9. The third-order valence-electron chi connectivity index (χ3n) is 4.52. The Labute approximate surface area is 176 Å². The van der Waals surface area contributed by atoms with E-state index >= 15 is 0 Å². The molecule has 0 saturated carbocycles. The smallest absolute Gasteiger partial charge is 0.339 e. The molecule has 1 atom stereocenters. The molecule has 1 aliphatic heterocycles. The van der Waals surface area contributed by atoms with Gasteiger partial charge in [0, 0.05) is 11.4 Å². The molecule has 2 amide bonds. The lowest BCUT2D eigenvalue weighted by molar-refractivity contribution is -0.139. The van der Waals surface area contributed by atoms with Crippen molar-refractivity contribution in [3.05, 3.63) is 64.0 Å². The second kappa shape index (κ2) is 8.15. The second-order valence-electron chi connectivity index (χ2n) is 6.66. The molecule has 2 aromatic heterocycles. The van der Waals surface area contributed by atoms with Crippen LogP contribution in [0.1, 0.15) is 29.9 Å². The molecule has 0 aliphatic carbocycles. The molecule has 1 unspecified atom stereocenters. The molecule has 0 bridgehead atoms. The number of aromatic nitrogens is 4. The summed E-state index contributed by atoms with van der Waals surface area (Å²) in [6.45, 7) is 5.75. The monoisotopic (exact) mass is 424 g/mol. The van der Waals surface area contributed by atoms with E-state index in [9.17, 15) is 9.59 Å². The van der Waals surface area contributed by atoms with Gasteiger partial charge in [0.05, 0.1) is 23.3 Å². The maximum atomic E-state index is 12.9. The predicted octanol–water partition coefficient (Wildman–Crippen LogP) is 2.66. The molecule has 4 rings (SSSR count). The molecule has 30 heavy (non-hydrogen) atoms. The molecule has 2 N–H and O–H groups in total. The number of fused-ring (bicyclic) bond motifs is 1. The number of nitrogens with zero attached hydrogens (tertiary/aromatic N) is 4. The van der Waals surface area contributed by atoms with Gasteiger partial charge < -0.3 is 15.4 Å². The first-order chi connectivity index (χ1) is 14.5. The number of nitrogens with one attached hydrogen (secondary N) is 2. The third kappa shape index (κ3) is 3.73. The Morgan fingerprint density at radius 3 is 2.73 bits per heavy atom. The number of thioether (sulfide) groups is 1. The van der Waals surface area contributed by atoms with Crippen LogP contribution in [-0.4, -0.2) is 38.2 Å². The number of ether oxygens (including phenoxy) is 1. The first-order valence-corrected chi connectivity index (χ1v) is 10.2. The van der Waals surface area contributed by atoms with Crippen molar-refractivity contribution in [3.63, 3.8) is 0 Å². The molecular weight excluding hydrogens is 404 g/mol. The summed E-state index contributed by atoms with van der Waals surface area (Å²) in [7, 11) is 0. The van der Waals surface area contributed by atoms with E-state index in [1.807, 2.05) is 50.2 Å². The zero-order valence-corrected chi connectivity index (χ0v) is 17.5. The van der Waals surface area contributed by atoms with Gasteiger partial charge in [-0.25, -0.2) is 14.6 Å². The summed E-state index contributed by atoms with van der Waals surface area (Å²) in [5.41, 5.74) is 2.80. The standard InChI is InChI=1S/C20H20N6O3S/c1-4-29-17(27)14-15(13-8-6-5-7-9-13)22-19(28)23-16(14)30-20-25-24-18-21-11(2)10-12(3)26(18)20/h5-10,15H,4H2,1-3H3,(H2,22,23,28). The normalized spacial score (nSPS) is 16.4. The maximum Gasteiger partial charge on any atom is 0.339 e. The Morgan fingerprint density at radius 1 is 1.23 bits per heavy atom. The molecule has 0 spiro atoms. The highest BCUT2D eigenvalue weighted by atomic mass is 32.2. The fourth-order valence-electron chi connectivity index (χ4n) is 3.29. The van der Waals surface area contributed by atoms with Gasteiger partial charge in [0.1, 0.15) is 0 Å². The highest BCUT2D eigenvalue weighted by molar-refractivity contribution is 8.03. The second-order valence-corrected chi connectivity index (χ2v) is 7.64. The Morgan fingerprint density at radius 2 is 2.00 bits per heavy atom. The van der Waals surface area contributed by atoms with Crippen LogP contribution in [0.2, 0.25) is 0 Å². The molecule has 3 aromatic rings. The molecule has 1 aromatic carbocycles. The molecule has 9 nitrogen and oxygen atoms in total. The summed E-state index contributed by atoms with van der Waals surface area (Å²) in [6.07, 6.45) is 0. The van der Waals surface area contributed by atoms with Crippen LogP contribution in [0.15, 0.2) is 52.2 Å². The van der Waals surface area contributed by atoms with Crippen molar-refractivity contribution in [1.82, 2.24) is 30.2 Å². The van der Waals surface area contributed by atoms with E-state index in [2.05, 4.69) is 25.8 Å². The minimum absolute atomic E-state index is 0.214. The molecule has 0 saturated heterocycles. The molecule has 0 fully saturated rings. The van der Waals surface area contributed by atoms with E-state index in [0.29, 0.717) is 21.5 Å². The summed E-state index contributed by atoms with van der Waals surface area (Å²) in [4.78, 5) is 29.7. The average Bonchev–Trinajstić information content (AvgIpc) is 3.11. The van der Waals surface area contributed by atoms with E-state index in [1.54, 1.807) is 11.3 Å². The van der Waals surface area contributed by atoms with Gasteiger partial charge in [-0.3, -0.25) is 4.40 Å². The van der Waals surface area contributed by atoms with Crippen LogP contribution in [0.25, 0.3) is 5.78 Å². The minimum Gasteiger partial charge on any atom is -0.462 e. The SMILES string of the molecule is CCOC(=O)C1=C(Sc2nnc3nc(C)cc(C)n23)NC(=O)NC1c1ccccc1. The van der Waals surface area contributed by atoms with Crippen molar-refractivity contribution in [2.45, 2.75) is 32.0 Å². The van der Waals surface area contributed by atoms with Gasteiger partial charge in [-0.1, -0.05) is 30.3 Å². The summed E-state index contributed by atoms with van der Waals surface area (Å²) < 4.78 is 7.07. The van der Waals surface area contributed by atoms with Gasteiger partial charge >= 0.3 is 12.0 Å². The fourth-order valence-corrected chi connectivity index (χ4v) is 4.33. The van der Waals surface area contributed by atoms with E-state index in [-0.39, 0.29) is 6.61 Å². The largest absolute Gasteiger partial charge is 0.462 e. The number of hydrogen-bond acceptors (Lipinski definition) is 7. The Kier molecular flexibility index (Phi) is 5.40. The van der Waals surface area contributed by atoms with E-state index in [1.165, 1.54) is 0 Å². The molecule has 154 valence electrons. The van der Waals surface area contributed by atoms with Crippen molar-refractivity contribution < 1.29 is 14.3 Å². The summed E-state index contributed by atoms with van der Waals surface area (Å²) >= 11 is 1.14. The Hall–Kier alpha value is -3.40. The molecule has 3 heterocycles. The molecule has 1 aliphatic rings. The van der Waals surface area contributed by atoms with Gasteiger partial charge in [-0.05, 0) is 44.2 Å². The first-order valence-electron chi connectivity index (χ1n) is 9.39. The predicted molar refractivity (Wildman–Crippen MR) is 111 cm³/mol. The van der Waals surface area contributed by atoms with Crippen LogP contribution >= 0.6 is 11.8 Å². The highest BCUT2D eigenvalue weighted by Gasteiger charge is 2.35. The van der Waals surface area contributed by atoms with Gasteiger partial charge in [0.2, 0.25) is 5.16 Å². The van der Waals surface area contributed by atoms with Crippen LogP contribution in [-0.2, 0) is 9.53 Å². The van der Waals surface area contributed by atoms with Crippen molar-refractivity contribution in [2.24, 2.45) is 0 Å². The van der Waals surface area contributed by atoms with Crippen molar-refractivity contribution in [2.75, 3.05) is 6.61 Å². The summed E-state index contributed by atoms with van der Waals surface area (Å²) in [5.74, 6) is -0.0611. The van der Waals surface area contributed by atoms with Crippen LogP contribution in [0.3, 0.4) is 0 Å². The van der Waals surface area contributed by atoms with Crippen LogP contribution in [0.4, 0.5) is 4.79 Å². The molecule has 10 heteroatoms. The number of esters is 1. The first kappa shape index (κ1) is 19.9. The van der Waals surface area contributed by atoms with E-state index in [4.69, 9.17) is 4.74 Å². The number of benzene rings is 1. The van der Waals surface area contributed by atoms with E-state index in [0.717, 1.165) is 28.7 Å². The van der Waals surface area contributed by atoms with Gasteiger partial charge in [0.15, 0.2) is 0 Å². The lowest BCUT2D eigenvalue weighted by atomic mass is 9.98. The zero-order chi connectivity index (χ0) is 21.3. The van der Waals surface area contributed by atoms with Crippen molar-refractivity contribution in [3.8, 4) is 0 Å².